The average molecular weight is 199 g/mol. The third kappa shape index (κ3) is 3.18. The molecule has 4 nitrogen and oxygen atoms in total. The highest BCUT2D eigenvalue weighted by atomic mass is 16.4. The predicted octanol–water partition coefficient (Wildman–Crippen LogP) is 1.43. The zero-order valence-corrected chi connectivity index (χ0v) is 8.87. The zero-order chi connectivity index (χ0) is 10.4. The Hall–Kier alpha value is -0.770. The topological polar surface area (TPSA) is 70.6 Å². The van der Waals surface area contributed by atoms with Crippen molar-refractivity contribution in [2.75, 3.05) is 0 Å². The van der Waals surface area contributed by atoms with Crippen molar-refractivity contribution in [3.63, 3.8) is 0 Å². The summed E-state index contributed by atoms with van der Waals surface area (Å²) in [6.07, 6.45) is 7.24. The Morgan fingerprint density at radius 2 is 2.14 bits per heavy atom. The molecule has 14 heavy (non-hydrogen) atoms. The van der Waals surface area contributed by atoms with Crippen LogP contribution in [0.2, 0.25) is 0 Å². The molecule has 4 N–H and O–H groups in total. The standard InChI is InChI=1S/C10H21N3O/c1-2-9(10(11)13-14)12-8-6-4-3-5-7-8/h8-9,12,14H,2-7H2,1H3,(H2,11,13). The van der Waals surface area contributed by atoms with Gasteiger partial charge in [0.05, 0.1) is 6.04 Å². The molecule has 4 heteroatoms. The van der Waals surface area contributed by atoms with Crippen molar-refractivity contribution >= 4 is 5.84 Å². The minimum atomic E-state index is 0.0306. The van der Waals surface area contributed by atoms with E-state index in [2.05, 4.69) is 10.5 Å². The van der Waals surface area contributed by atoms with Crippen LogP contribution in [0.1, 0.15) is 45.4 Å². The van der Waals surface area contributed by atoms with Crippen LogP contribution in [0, 0.1) is 0 Å². The molecule has 0 aromatic rings. The lowest BCUT2D eigenvalue weighted by atomic mass is 9.94. The summed E-state index contributed by atoms with van der Waals surface area (Å²) in [6.45, 7) is 2.04. The fraction of sp³-hybridized carbons (Fsp3) is 0.900. The molecule has 1 saturated carbocycles. The van der Waals surface area contributed by atoms with Gasteiger partial charge < -0.3 is 16.3 Å². The van der Waals surface area contributed by atoms with Gasteiger partial charge in [0.2, 0.25) is 0 Å². The summed E-state index contributed by atoms with van der Waals surface area (Å²) >= 11 is 0. The highest BCUT2D eigenvalue weighted by Crippen LogP contribution is 2.18. The molecule has 1 aliphatic carbocycles. The largest absolute Gasteiger partial charge is 0.409 e. The van der Waals surface area contributed by atoms with Gasteiger partial charge in [-0.15, -0.1) is 0 Å². The van der Waals surface area contributed by atoms with Crippen molar-refractivity contribution in [2.24, 2.45) is 10.9 Å². The summed E-state index contributed by atoms with van der Waals surface area (Å²) in [6, 6.07) is 0.581. The van der Waals surface area contributed by atoms with Crippen LogP contribution in [-0.2, 0) is 0 Å². The molecule has 0 radical (unpaired) electrons. The Labute approximate surface area is 85.6 Å². The molecule has 1 rings (SSSR count). The van der Waals surface area contributed by atoms with Crippen molar-refractivity contribution in [3.05, 3.63) is 0 Å². The van der Waals surface area contributed by atoms with Gasteiger partial charge in [-0.25, -0.2) is 0 Å². The maximum Gasteiger partial charge on any atom is 0.156 e. The first-order valence-electron chi connectivity index (χ1n) is 5.51. The Balaban J connectivity index is 2.38. The smallest absolute Gasteiger partial charge is 0.156 e. The Bertz CT molecular complexity index is 188. The summed E-state index contributed by atoms with van der Waals surface area (Å²) in [5.41, 5.74) is 5.58. The van der Waals surface area contributed by atoms with Gasteiger partial charge in [0, 0.05) is 6.04 Å². The van der Waals surface area contributed by atoms with Crippen molar-refractivity contribution in [3.8, 4) is 0 Å². The van der Waals surface area contributed by atoms with Gasteiger partial charge >= 0.3 is 0 Å². The van der Waals surface area contributed by atoms with Crippen LogP contribution < -0.4 is 11.1 Å². The van der Waals surface area contributed by atoms with Crippen LogP contribution in [-0.4, -0.2) is 23.1 Å². The molecule has 0 aliphatic heterocycles. The number of amidine groups is 1. The van der Waals surface area contributed by atoms with Gasteiger partial charge in [0.15, 0.2) is 5.84 Å². The summed E-state index contributed by atoms with van der Waals surface area (Å²) < 4.78 is 0. The molecule has 0 saturated heterocycles. The molecule has 0 bridgehead atoms. The lowest BCUT2D eigenvalue weighted by Crippen LogP contribution is -2.46. The van der Waals surface area contributed by atoms with Gasteiger partial charge in [0.25, 0.3) is 0 Å². The van der Waals surface area contributed by atoms with E-state index >= 15 is 0 Å². The summed E-state index contributed by atoms with van der Waals surface area (Å²) in [5.74, 6) is 0.304. The number of rotatable bonds is 4. The van der Waals surface area contributed by atoms with Crippen LogP contribution in [0.15, 0.2) is 5.16 Å². The quantitative estimate of drug-likeness (QED) is 0.278. The summed E-state index contributed by atoms with van der Waals surface area (Å²) in [4.78, 5) is 0. The molecular formula is C10H21N3O. The van der Waals surface area contributed by atoms with E-state index in [4.69, 9.17) is 10.9 Å². The van der Waals surface area contributed by atoms with E-state index < -0.39 is 0 Å². The van der Waals surface area contributed by atoms with Gasteiger partial charge in [-0.2, -0.15) is 0 Å². The molecule has 82 valence electrons. The molecule has 0 spiro atoms. The molecule has 1 atom stereocenters. The van der Waals surface area contributed by atoms with Gasteiger partial charge in [-0.05, 0) is 19.3 Å². The number of nitrogens with zero attached hydrogens (tertiary/aromatic N) is 1. The van der Waals surface area contributed by atoms with Gasteiger partial charge in [0.1, 0.15) is 0 Å². The molecule has 0 aromatic carbocycles. The second-order valence-electron chi connectivity index (χ2n) is 3.99. The highest BCUT2D eigenvalue weighted by Gasteiger charge is 2.19. The van der Waals surface area contributed by atoms with E-state index in [0.717, 1.165) is 6.42 Å². The molecule has 0 amide bonds. The minimum absolute atomic E-state index is 0.0306. The Morgan fingerprint density at radius 3 is 2.64 bits per heavy atom. The molecular weight excluding hydrogens is 178 g/mol. The van der Waals surface area contributed by atoms with Crippen molar-refractivity contribution < 1.29 is 5.21 Å². The molecule has 0 aromatic heterocycles. The van der Waals surface area contributed by atoms with E-state index in [1.54, 1.807) is 0 Å². The third-order valence-corrected chi connectivity index (χ3v) is 2.92. The summed E-state index contributed by atoms with van der Waals surface area (Å²) in [7, 11) is 0. The van der Waals surface area contributed by atoms with Crippen LogP contribution in [0.4, 0.5) is 0 Å². The normalized spacial score (nSPS) is 22.2. The Morgan fingerprint density at radius 1 is 1.50 bits per heavy atom. The van der Waals surface area contributed by atoms with E-state index in [1.165, 1.54) is 32.1 Å². The Kier molecular flexibility index (Phi) is 4.73. The maximum absolute atomic E-state index is 8.59. The lowest BCUT2D eigenvalue weighted by Gasteiger charge is -2.27. The maximum atomic E-state index is 8.59. The minimum Gasteiger partial charge on any atom is -0.409 e. The van der Waals surface area contributed by atoms with E-state index in [9.17, 15) is 0 Å². The number of hydrogen-bond donors (Lipinski definition) is 3. The van der Waals surface area contributed by atoms with E-state index in [1.807, 2.05) is 6.92 Å². The first kappa shape index (κ1) is 11.3. The molecule has 1 aliphatic rings. The van der Waals surface area contributed by atoms with Gasteiger partial charge in [-0.3, -0.25) is 0 Å². The number of nitrogens with two attached hydrogens (primary N) is 1. The average Bonchev–Trinajstić information content (AvgIpc) is 2.26. The SMILES string of the molecule is CCC(NC1CCCCC1)C(N)=NO. The third-order valence-electron chi connectivity index (χ3n) is 2.92. The molecule has 1 unspecified atom stereocenters. The second kappa shape index (κ2) is 5.86. The van der Waals surface area contributed by atoms with Crippen LogP contribution in [0.3, 0.4) is 0 Å². The zero-order valence-electron chi connectivity index (χ0n) is 8.87. The highest BCUT2D eigenvalue weighted by molar-refractivity contribution is 5.85. The number of hydrogen-bond acceptors (Lipinski definition) is 3. The fourth-order valence-electron chi connectivity index (χ4n) is 2.04. The van der Waals surface area contributed by atoms with Crippen LogP contribution >= 0.6 is 0 Å². The number of nitrogens with one attached hydrogen (secondary N) is 1. The van der Waals surface area contributed by atoms with Crippen molar-refractivity contribution in [1.29, 1.82) is 0 Å². The molecule has 1 fully saturated rings. The lowest BCUT2D eigenvalue weighted by molar-refractivity contribution is 0.308. The van der Waals surface area contributed by atoms with Gasteiger partial charge in [-0.1, -0.05) is 31.3 Å². The van der Waals surface area contributed by atoms with E-state index in [-0.39, 0.29) is 6.04 Å². The fourth-order valence-corrected chi connectivity index (χ4v) is 2.04. The first-order chi connectivity index (χ1) is 6.77. The second-order valence-corrected chi connectivity index (χ2v) is 3.99. The summed E-state index contributed by atoms with van der Waals surface area (Å²) in [5, 5.41) is 15.1. The molecule has 0 heterocycles. The number of oxime groups is 1. The van der Waals surface area contributed by atoms with Crippen LogP contribution in [0.5, 0.6) is 0 Å². The van der Waals surface area contributed by atoms with Crippen molar-refractivity contribution in [1.82, 2.24) is 5.32 Å². The monoisotopic (exact) mass is 199 g/mol. The van der Waals surface area contributed by atoms with E-state index in [0.29, 0.717) is 11.9 Å². The van der Waals surface area contributed by atoms with Crippen molar-refractivity contribution in [2.45, 2.75) is 57.5 Å². The predicted molar refractivity (Wildman–Crippen MR) is 57.5 cm³/mol. The van der Waals surface area contributed by atoms with Crippen LogP contribution in [0.25, 0.3) is 0 Å². The first-order valence-corrected chi connectivity index (χ1v) is 5.51.